The van der Waals surface area contributed by atoms with Crippen molar-refractivity contribution in [3.05, 3.63) is 83.4 Å². The molecule has 0 saturated carbocycles. The standard InChI is InChI=1S/C11H8O.C8H9NO/c12-8-9-5-6-10-3-1-2-4-11(10)7-9;9-5-7-1-3-8(6-10)4-2-7/h1-8H;1-4,6H,5,9H2. The Balaban J connectivity index is 0.000000164. The third-order valence-corrected chi connectivity index (χ3v) is 3.26. The topological polar surface area (TPSA) is 60.2 Å². The summed E-state index contributed by atoms with van der Waals surface area (Å²) in [6.07, 6.45) is 1.69. The van der Waals surface area contributed by atoms with Crippen LogP contribution in [0.25, 0.3) is 10.8 Å². The number of benzene rings is 3. The Labute approximate surface area is 129 Å². The third kappa shape index (κ3) is 4.11. The average Bonchev–Trinajstić information content (AvgIpc) is 2.62. The SMILES string of the molecule is NCc1ccc(C=O)cc1.O=Cc1ccc2ccccc2c1. The Morgan fingerprint density at radius 1 is 0.727 bits per heavy atom. The molecular formula is C19H17NO2. The van der Waals surface area contributed by atoms with E-state index in [-0.39, 0.29) is 0 Å². The quantitative estimate of drug-likeness (QED) is 0.750. The summed E-state index contributed by atoms with van der Waals surface area (Å²) in [5, 5.41) is 2.28. The van der Waals surface area contributed by atoms with Gasteiger partial charge in [0.2, 0.25) is 0 Å². The van der Waals surface area contributed by atoms with Crippen LogP contribution < -0.4 is 5.73 Å². The zero-order valence-electron chi connectivity index (χ0n) is 12.1. The van der Waals surface area contributed by atoms with E-state index < -0.39 is 0 Å². The maximum absolute atomic E-state index is 10.5. The van der Waals surface area contributed by atoms with Crippen LogP contribution in [0.5, 0.6) is 0 Å². The van der Waals surface area contributed by atoms with Gasteiger partial charge in [-0.3, -0.25) is 9.59 Å². The smallest absolute Gasteiger partial charge is 0.150 e. The summed E-state index contributed by atoms with van der Waals surface area (Å²) in [4.78, 5) is 20.6. The number of rotatable bonds is 3. The molecule has 110 valence electrons. The first kappa shape index (κ1) is 15.6. The normalized spacial score (nSPS) is 9.68. The molecule has 0 fully saturated rings. The van der Waals surface area contributed by atoms with Crippen molar-refractivity contribution in [2.24, 2.45) is 5.73 Å². The summed E-state index contributed by atoms with van der Waals surface area (Å²) < 4.78 is 0. The van der Waals surface area contributed by atoms with Gasteiger partial charge >= 0.3 is 0 Å². The van der Waals surface area contributed by atoms with Gasteiger partial charge in [-0.05, 0) is 22.4 Å². The van der Waals surface area contributed by atoms with Crippen LogP contribution >= 0.6 is 0 Å². The predicted molar refractivity (Wildman–Crippen MR) is 89.1 cm³/mol. The Morgan fingerprint density at radius 2 is 1.32 bits per heavy atom. The Hall–Kier alpha value is -2.78. The molecule has 0 aliphatic carbocycles. The largest absolute Gasteiger partial charge is 0.326 e. The molecule has 2 N–H and O–H groups in total. The molecule has 0 bridgehead atoms. The average molecular weight is 291 g/mol. The molecule has 22 heavy (non-hydrogen) atoms. The van der Waals surface area contributed by atoms with Crippen LogP contribution in [0, 0.1) is 0 Å². The summed E-state index contributed by atoms with van der Waals surface area (Å²) in [6.45, 7) is 0.527. The highest BCUT2D eigenvalue weighted by atomic mass is 16.1. The molecule has 3 rings (SSSR count). The minimum atomic E-state index is 0.527. The molecule has 0 aliphatic heterocycles. The van der Waals surface area contributed by atoms with Crippen molar-refractivity contribution < 1.29 is 9.59 Å². The first-order valence-corrected chi connectivity index (χ1v) is 6.95. The van der Waals surface area contributed by atoms with Gasteiger partial charge in [0.1, 0.15) is 12.6 Å². The molecule has 3 heteroatoms. The van der Waals surface area contributed by atoms with Crippen LogP contribution in [0.15, 0.2) is 66.7 Å². The van der Waals surface area contributed by atoms with Gasteiger partial charge in [0.25, 0.3) is 0 Å². The van der Waals surface area contributed by atoms with Gasteiger partial charge < -0.3 is 5.73 Å². The lowest BCUT2D eigenvalue weighted by atomic mass is 10.1. The van der Waals surface area contributed by atoms with E-state index >= 15 is 0 Å². The fourth-order valence-corrected chi connectivity index (χ4v) is 2.01. The van der Waals surface area contributed by atoms with Gasteiger partial charge in [0.15, 0.2) is 0 Å². The lowest BCUT2D eigenvalue weighted by molar-refractivity contribution is 0.111. The second kappa shape index (κ2) is 7.86. The fourth-order valence-electron chi connectivity index (χ4n) is 2.01. The van der Waals surface area contributed by atoms with Crippen molar-refractivity contribution >= 4 is 23.3 Å². The summed E-state index contributed by atoms with van der Waals surface area (Å²) in [5.41, 5.74) is 7.82. The van der Waals surface area contributed by atoms with E-state index in [1.54, 1.807) is 12.1 Å². The molecule has 3 aromatic rings. The van der Waals surface area contributed by atoms with Crippen LogP contribution in [0.2, 0.25) is 0 Å². The van der Waals surface area contributed by atoms with E-state index in [4.69, 9.17) is 5.73 Å². The molecule has 0 unspecified atom stereocenters. The molecule has 0 heterocycles. The highest BCUT2D eigenvalue weighted by molar-refractivity contribution is 5.88. The van der Waals surface area contributed by atoms with Crippen LogP contribution in [0.4, 0.5) is 0 Å². The molecular weight excluding hydrogens is 274 g/mol. The first-order valence-electron chi connectivity index (χ1n) is 6.95. The maximum atomic E-state index is 10.5. The summed E-state index contributed by atoms with van der Waals surface area (Å²) in [7, 11) is 0. The molecule has 3 nitrogen and oxygen atoms in total. The van der Waals surface area contributed by atoms with Crippen molar-refractivity contribution in [3.8, 4) is 0 Å². The van der Waals surface area contributed by atoms with E-state index in [1.165, 1.54) is 5.39 Å². The highest BCUT2D eigenvalue weighted by Gasteiger charge is 1.92. The number of hydrogen-bond acceptors (Lipinski definition) is 3. The van der Waals surface area contributed by atoms with Crippen LogP contribution in [-0.4, -0.2) is 12.6 Å². The minimum Gasteiger partial charge on any atom is -0.326 e. The molecule has 0 atom stereocenters. The summed E-state index contributed by atoms with van der Waals surface area (Å²) in [5.74, 6) is 0. The first-order chi connectivity index (χ1) is 10.8. The van der Waals surface area contributed by atoms with Gasteiger partial charge in [-0.1, -0.05) is 60.7 Å². The van der Waals surface area contributed by atoms with Crippen molar-refractivity contribution in [3.63, 3.8) is 0 Å². The fraction of sp³-hybridized carbons (Fsp3) is 0.0526. The molecule has 3 aromatic carbocycles. The van der Waals surface area contributed by atoms with Gasteiger partial charge in [-0.2, -0.15) is 0 Å². The molecule has 0 amide bonds. The third-order valence-electron chi connectivity index (χ3n) is 3.26. The molecule has 0 saturated heterocycles. The number of fused-ring (bicyclic) bond motifs is 1. The van der Waals surface area contributed by atoms with Gasteiger partial charge in [0.05, 0.1) is 0 Å². The van der Waals surface area contributed by atoms with Gasteiger partial charge in [-0.15, -0.1) is 0 Å². The maximum Gasteiger partial charge on any atom is 0.150 e. The van der Waals surface area contributed by atoms with Crippen molar-refractivity contribution in [1.82, 2.24) is 0 Å². The lowest BCUT2D eigenvalue weighted by Crippen LogP contribution is -1.95. The predicted octanol–water partition coefficient (Wildman–Crippen LogP) is 3.61. The Kier molecular flexibility index (Phi) is 5.57. The molecule has 0 aliphatic rings. The second-order valence-electron chi connectivity index (χ2n) is 4.79. The van der Waals surface area contributed by atoms with E-state index in [0.29, 0.717) is 12.1 Å². The number of carbonyl (C=O) groups is 2. The monoisotopic (exact) mass is 291 g/mol. The van der Waals surface area contributed by atoms with Crippen molar-refractivity contribution in [2.45, 2.75) is 6.54 Å². The summed E-state index contributed by atoms with van der Waals surface area (Å²) in [6, 6.07) is 20.9. The minimum absolute atomic E-state index is 0.527. The van der Waals surface area contributed by atoms with Crippen molar-refractivity contribution in [2.75, 3.05) is 0 Å². The van der Waals surface area contributed by atoms with E-state index in [2.05, 4.69) is 0 Å². The zero-order chi connectivity index (χ0) is 15.8. The van der Waals surface area contributed by atoms with Crippen molar-refractivity contribution in [1.29, 1.82) is 0 Å². The lowest BCUT2D eigenvalue weighted by Gasteiger charge is -1.96. The highest BCUT2D eigenvalue weighted by Crippen LogP contribution is 2.14. The number of carbonyl (C=O) groups excluding carboxylic acids is 2. The number of hydrogen-bond donors (Lipinski definition) is 1. The summed E-state index contributed by atoms with van der Waals surface area (Å²) >= 11 is 0. The molecule has 0 radical (unpaired) electrons. The van der Waals surface area contributed by atoms with Crippen LogP contribution in [-0.2, 0) is 6.54 Å². The van der Waals surface area contributed by atoms with E-state index in [1.807, 2.05) is 54.6 Å². The Bertz CT molecular complexity index is 764. The van der Waals surface area contributed by atoms with E-state index in [9.17, 15) is 9.59 Å². The van der Waals surface area contributed by atoms with Crippen LogP contribution in [0.3, 0.4) is 0 Å². The Morgan fingerprint density at radius 3 is 1.91 bits per heavy atom. The number of aldehydes is 2. The van der Waals surface area contributed by atoms with E-state index in [0.717, 1.165) is 29.1 Å². The van der Waals surface area contributed by atoms with Gasteiger partial charge in [0, 0.05) is 17.7 Å². The molecule has 0 aromatic heterocycles. The second-order valence-corrected chi connectivity index (χ2v) is 4.79. The zero-order valence-corrected chi connectivity index (χ0v) is 12.1. The van der Waals surface area contributed by atoms with Gasteiger partial charge in [-0.25, -0.2) is 0 Å². The molecule has 0 spiro atoms. The van der Waals surface area contributed by atoms with Crippen LogP contribution in [0.1, 0.15) is 26.3 Å². The number of nitrogens with two attached hydrogens (primary N) is 1.